The van der Waals surface area contributed by atoms with Crippen molar-refractivity contribution in [3.8, 4) is 0 Å². The molecule has 0 unspecified atom stereocenters. The SMILES string of the molecule is Cc1cn(C)c2ccccc12.Cn1ccc2ccccc21. The highest BCUT2D eigenvalue weighted by Gasteiger charge is 1.99. The molecular weight excluding hydrogens is 256 g/mol. The van der Waals surface area contributed by atoms with E-state index >= 15 is 0 Å². The molecule has 0 N–H and O–H groups in total. The summed E-state index contributed by atoms with van der Waals surface area (Å²) in [6, 6.07) is 18.9. The molecule has 0 saturated heterocycles. The maximum Gasteiger partial charge on any atom is 0.0480 e. The Bertz CT molecular complexity index is 845. The third-order valence-corrected chi connectivity index (χ3v) is 3.89. The van der Waals surface area contributed by atoms with E-state index in [9.17, 15) is 0 Å². The van der Waals surface area contributed by atoms with Gasteiger partial charge >= 0.3 is 0 Å². The second kappa shape index (κ2) is 5.49. The molecule has 0 aliphatic heterocycles. The van der Waals surface area contributed by atoms with Gasteiger partial charge in [0.25, 0.3) is 0 Å². The molecule has 4 aromatic rings. The lowest BCUT2D eigenvalue weighted by atomic mass is 10.2. The largest absolute Gasteiger partial charge is 0.351 e. The van der Waals surface area contributed by atoms with Gasteiger partial charge in [-0.1, -0.05) is 36.4 Å². The van der Waals surface area contributed by atoms with Gasteiger partial charge < -0.3 is 9.13 Å². The van der Waals surface area contributed by atoms with Crippen LogP contribution in [0.5, 0.6) is 0 Å². The summed E-state index contributed by atoms with van der Waals surface area (Å²) in [5.41, 5.74) is 3.95. The van der Waals surface area contributed by atoms with Gasteiger partial charge in [-0.25, -0.2) is 0 Å². The van der Waals surface area contributed by atoms with E-state index in [0.717, 1.165) is 0 Å². The van der Waals surface area contributed by atoms with Crippen LogP contribution in [-0.2, 0) is 14.1 Å². The number of fused-ring (bicyclic) bond motifs is 2. The van der Waals surface area contributed by atoms with E-state index in [1.54, 1.807) is 0 Å². The van der Waals surface area contributed by atoms with Crippen LogP contribution in [0.1, 0.15) is 5.56 Å². The number of benzene rings is 2. The van der Waals surface area contributed by atoms with Gasteiger partial charge in [-0.05, 0) is 36.1 Å². The Morgan fingerprint density at radius 3 is 2.10 bits per heavy atom. The highest BCUT2D eigenvalue weighted by atomic mass is 14.9. The standard InChI is InChI=1S/C10H11N.C9H9N/c1-8-7-11(2)10-6-4-3-5-9(8)10;1-10-7-6-8-4-2-3-5-9(8)10/h3-7H,1-2H3;2-7H,1H3. The molecule has 21 heavy (non-hydrogen) atoms. The number of aryl methyl sites for hydroxylation is 3. The molecule has 106 valence electrons. The van der Waals surface area contributed by atoms with E-state index in [-0.39, 0.29) is 0 Å². The fourth-order valence-corrected chi connectivity index (χ4v) is 2.77. The minimum Gasteiger partial charge on any atom is -0.351 e. The van der Waals surface area contributed by atoms with Crippen molar-refractivity contribution in [3.63, 3.8) is 0 Å². The van der Waals surface area contributed by atoms with Gasteiger partial charge in [0.15, 0.2) is 0 Å². The Balaban J connectivity index is 0.000000126. The number of nitrogens with zero attached hydrogens (tertiary/aromatic N) is 2. The topological polar surface area (TPSA) is 9.86 Å². The van der Waals surface area contributed by atoms with Crippen molar-refractivity contribution in [2.45, 2.75) is 6.92 Å². The van der Waals surface area contributed by atoms with Crippen LogP contribution in [0.25, 0.3) is 21.8 Å². The number of hydrogen-bond donors (Lipinski definition) is 0. The van der Waals surface area contributed by atoms with E-state index in [0.29, 0.717) is 0 Å². The highest BCUT2D eigenvalue weighted by molar-refractivity contribution is 5.83. The first-order valence-corrected chi connectivity index (χ1v) is 7.17. The predicted molar refractivity (Wildman–Crippen MR) is 90.6 cm³/mol. The molecule has 0 amide bonds. The first-order chi connectivity index (χ1) is 10.2. The molecule has 2 heterocycles. The Morgan fingerprint density at radius 2 is 1.38 bits per heavy atom. The van der Waals surface area contributed by atoms with Crippen LogP contribution in [0.15, 0.2) is 67.0 Å². The van der Waals surface area contributed by atoms with Crippen molar-refractivity contribution in [1.29, 1.82) is 0 Å². The van der Waals surface area contributed by atoms with Crippen LogP contribution < -0.4 is 0 Å². The lowest BCUT2D eigenvalue weighted by Gasteiger charge is -1.92. The van der Waals surface area contributed by atoms with Crippen LogP contribution in [0.2, 0.25) is 0 Å². The van der Waals surface area contributed by atoms with Crippen LogP contribution >= 0.6 is 0 Å². The van der Waals surface area contributed by atoms with Gasteiger partial charge in [-0.15, -0.1) is 0 Å². The van der Waals surface area contributed by atoms with Crippen molar-refractivity contribution < 1.29 is 0 Å². The Labute approximate surface area is 125 Å². The number of hydrogen-bond acceptors (Lipinski definition) is 0. The smallest absolute Gasteiger partial charge is 0.0480 e. The Hall–Kier alpha value is -2.48. The van der Waals surface area contributed by atoms with E-state index in [1.165, 1.54) is 27.4 Å². The number of para-hydroxylation sites is 2. The fraction of sp³-hybridized carbons (Fsp3) is 0.158. The van der Waals surface area contributed by atoms with Crippen molar-refractivity contribution in [1.82, 2.24) is 9.13 Å². The van der Waals surface area contributed by atoms with E-state index < -0.39 is 0 Å². The van der Waals surface area contributed by atoms with Gasteiger partial charge in [0.2, 0.25) is 0 Å². The maximum absolute atomic E-state index is 2.16. The quantitative estimate of drug-likeness (QED) is 0.442. The van der Waals surface area contributed by atoms with Gasteiger partial charge in [0.05, 0.1) is 0 Å². The second-order valence-corrected chi connectivity index (χ2v) is 5.43. The Kier molecular flexibility index (Phi) is 3.53. The summed E-state index contributed by atoms with van der Waals surface area (Å²) in [6.45, 7) is 2.14. The molecule has 2 aromatic carbocycles. The zero-order valence-electron chi connectivity index (χ0n) is 12.7. The van der Waals surface area contributed by atoms with Crippen molar-refractivity contribution in [2.24, 2.45) is 14.1 Å². The molecule has 2 nitrogen and oxygen atoms in total. The summed E-state index contributed by atoms with van der Waals surface area (Å²) in [5.74, 6) is 0. The Morgan fingerprint density at radius 1 is 0.714 bits per heavy atom. The summed E-state index contributed by atoms with van der Waals surface area (Å²) in [5, 5.41) is 2.67. The van der Waals surface area contributed by atoms with Gasteiger partial charge in [-0.3, -0.25) is 0 Å². The first kappa shape index (κ1) is 13.5. The van der Waals surface area contributed by atoms with Crippen molar-refractivity contribution >= 4 is 21.8 Å². The van der Waals surface area contributed by atoms with Crippen LogP contribution in [0.4, 0.5) is 0 Å². The zero-order valence-corrected chi connectivity index (χ0v) is 12.7. The molecule has 0 aliphatic rings. The average Bonchev–Trinajstić information content (AvgIpc) is 3.02. The highest BCUT2D eigenvalue weighted by Crippen LogP contribution is 2.18. The molecule has 0 saturated carbocycles. The third kappa shape index (κ3) is 2.57. The maximum atomic E-state index is 2.16. The van der Waals surface area contributed by atoms with E-state index in [1.807, 2.05) is 0 Å². The van der Waals surface area contributed by atoms with Gasteiger partial charge in [0, 0.05) is 42.9 Å². The second-order valence-electron chi connectivity index (χ2n) is 5.43. The molecule has 0 atom stereocenters. The molecule has 2 heteroatoms. The molecule has 2 aromatic heterocycles. The summed E-state index contributed by atoms with van der Waals surface area (Å²) in [7, 11) is 4.14. The molecule has 4 rings (SSSR count). The minimum atomic E-state index is 1.29. The fourth-order valence-electron chi connectivity index (χ4n) is 2.77. The normalized spacial score (nSPS) is 10.6. The average molecular weight is 276 g/mol. The van der Waals surface area contributed by atoms with Crippen molar-refractivity contribution in [3.05, 3.63) is 72.6 Å². The third-order valence-electron chi connectivity index (χ3n) is 3.89. The predicted octanol–water partition coefficient (Wildman–Crippen LogP) is 4.67. The molecule has 0 fully saturated rings. The number of rotatable bonds is 0. The summed E-state index contributed by atoms with van der Waals surface area (Å²) in [6.07, 6.45) is 4.23. The van der Waals surface area contributed by atoms with Crippen molar-refractivity contribution in [2.75, 3.05) is 0 Å². The first-order valence-electron chi connectivity index (χ1n) is 7.17. The van der Waals surface area contributed by atoms with Crippen LogP contribution in [-0.4, -0.2) is 9.13 Å². The summed E-state index contributed by atoms with van der Waals surface area (Å²) < 4.78 is 4.28. The molecular formula is C19H20N2. The number of aromatic nitrogens is 2. The molecule has 0 bridgehead atoms. The van der Waals surface area contributed by atoms with Gasteiger partial charge in [0.1, 0.15) is 0 Å². The van der Waals surface area contributed by atoms with E-state index in [4.69, 9.17) is 0 Å². The summed E-state index contributed by atoms with van der Waals surface area (Å²) >= 11 is 0. The monoisotopic (exact) mass is 276 g/mol. The van der Waals surface area contributed by atoms with Crippen LogP contribution in [0, 0.1) is 6.92 Å². The lowest BCUT2D eigenvalue weighted by Crippen LogP contribution is -1.81. The van der Waals surface area contributed by atoms with Gasteiger partial charge in [-0.2, -0.15) is 0 Å². The molecule has 0 aliphatic carbocycles. The lowest BCUT2D eigenvalue weighted by molar-refractivity contribution is 0.964. The molecule has 0 radical (unpaired) electrons. The summed E-state index contributed by atoms with van der Waals surface area (Å²) in [4.78, 5) is 0. The van der Waals surface area contributed by atoms with E-state index in [2.05, 4.69) is 97.1 Å². The minimum absolute atomic E-state index is 1.29. The van der Waals surface area contributed by atoms with Crippen LogP contribution in [0.3, 0.4) is 0 Å². The zero-order chi connectivity index (χ0) is 14.8. The molecule has 0 spiro atoms.